The van der Waals surface area contributed by atoms with Crippen LogP contribution in [0, 0.1) is 0 Å². The van der Waals surface area contributed by atoms with E-state index in [1.807, 2.05) is 47.7 Å². The van der Waals surface area contributed by atoms with Crippen LogP contribution in [0.25, 0.3) is 93.0 Å². The van der Waals surface area contributed by atoms with Crippen LogP contribution in [-0.4, -0.2) is 19.5 Å². The predicted molar refractivity (Wildman–Crippen MR) is 227 cm³/mol. The summed E-state index contributed by atoms with van der Waals surface area (Å²) in [6.07, 6.45) is 0. The lowest BCUT2D eigenvalue weighted by Gasteiger charge is -2.20. The molecule has 0 aliphatic heterocycles. The van der Waals surface area contributed by atoms with Crippen molar-refractivity contribution in [3.63, 3.8) is 0 Å². The molecule has 0 unspecified atom stereocenters. The highest BCUT2D eigenvalue weighted by Gasteiger charge is 2.22. The third kappa shape index (κ3) is 5.48. The van der Waals surface area contributed by atoms with Crippen LogP contribution >= 0.6 is 11.3 Å². The lowest BCUT2D eigenvalue weighted by molar-refractivity contribution is 0.591. The van der Waals surface area contributed by atoms with Crippen LogP contribution in [0.2, 0.25) is 0 Å². The van der Waals surface area contributed by atoms with Crippen LogP contribution in [-0.2, 0) is 5.41 Å². The molecule has 0 aliphatic carbocycles. The maximum absolute atomic E-state index is 5.27. The van der Waals surface area contributed by atoms with E-state index in [1.54, 1.807) is 0 Å². The second-order valence-electron chi connectivity index (χ2n) is 14.9. The van der Waals surface area contributed by atoms with E-state index < -0.39 is 0 Å². The first kappa shape index (κ1) is 32.2. The van der Waals surface area contributed by atoms with E-state index in [1.165, 1.54) is 36.5 Å². The smallest absolute Gasteiger partial charge is 0.166 e. The van der Waals surface area contributed by atoms with Crippen LogP contribution in [0.5, 0.6) is 0 Å². The fourth-order valence-electron chi connectivity index (χ4n) is 7.62. The molecule has 0 atom stereocenters. The van der Waals surface area contributed by atoms with Crippen molar-refractivity contribution < 1.29 is 0 Å². The van der Waals surface area contributed by atoms with E-state index >= 15 is 0 Å². The summed E-state index contributed by atoms with van der Waals surface area (Å²) < 4.78 is 4.98. The quantitative estimate of drug-likeness (QED) is 0.178. The zero-order valence-corrected chi connectivity index (χ0v) is 31.1. The first-order valence-corrected chi connectivity index (χ1v) is 19.2. The van der Waals surface area contributed by atoms with Gasteiger partial charge in [-0.05, 0) is 58.5 Å². The monoisotopic (exact) mass is 712 g/mol. The van der Waals surface area contributed by atoms with E-state index in [0.717, 1.165) is 44.5 Å². The SMILES string of the molecule is CC(C)(C)c1ccc2c3ccccc3n(-c3ccc(-c4ccc5c(c4)sc4ccccc45)cc3-c3nc(-c4ccccc4)nc(-c4ccccc4)n3)c2c1. The third-order valence-electron chi connectivity index (χ3n) is 10.4. The number of hydrogen-bond donors (Lipinski definition) is 0. The van der Waals surface area contributed by atoms with Crippen molar-refractivity contribution in [3.8, 4) is 51.0 Å². The Kier molecular flexibility index (Phi) is 7.53. The maximum atomic E-state index is 5.27. The maximum Gasteiger partial charge on any atom is 0.166 e. The van der Waals surface area contributed by atoms with E-state index in [2.05, 4.69) is 153 Å². The van der Waals surface area contributed by atoms with Crippen LogP contribution in [0.1, 0.15) is 26.3 Å². The minimum Gasteiger partial charge on any atom is -0.308 e. The molecule has 0 fully saturated rings. The van der Waals surface area contributed by atoms with Gasteiger partial charge in [-0.25, -0.2) is 15.0 Å². The number of rotatable bonds is 5. The number of para-hydroxylation sites is 1. The average Bonchev–Trinajstić information content (AvgIpc) is 3.76. The Balaban J connectivity index is 1.28. The standard InChI is InChI=1S/C49H36N4S/c1-49(2,3)35-24-26-37-36-18-10-12-20-41(36)53(43(37)30-35)42-27-23-33(34-22-25-39-38-19-11-13-21-44(38)54-45(39)29-34)28-40(42)48-51-46(31-14-6-4-7-15-31)50-47(52-48)32-16-8-5-9-17-32/h4-30H,1-3H3. The minimum atomic E-state index is -0.0171. The lowest BCUT2D eigenvalue weighted by atomic mass is 9.86. The molecule has 7 aromatic carbocycles. The summed E-state index contributed by atoms with van der Waals surface area (Å²) in [4.78, 5) is 15.6. The van der Waals surface area contributed by atoms with Gasteiger partial charge in [-0.15, -0.1) is 11.3 Å². The molecule has 0 radical (unpaired) electrons. The van der Waals surface area contributed by atoms with Gasteiger partial charge in [-0.1, -0.05) is 148 Å². The molecule has 0 saturated carbocycles. The van der Waals surface area contributed by atoms with Gasteiger partial charge in [0, 0.05) is 47.6 Å². The fourth-order valence-corrected chi connectivity index (χ4v) is 8.77. The van der Waals surface area contributed by atoms with Crippen molar-refractivity contribution in [1.29, 1.82) is 0 Å². The summed E-state index contributed by atoms with van der Waals surface area (Å²) in [5, 5.41) is 5.01. The van der Waals surface area contributed by atoms with E-state index in [-0.39, 0.29) is 5.41 Å². The summed E-state index contributed by atoms with van der Waals surface area (Å²) in [5.74, 6) is 1.90. The Hall–Kier alpha value is -6.43. The number of hydrogen-bond acceptors (Lipinski definition) is 4. The summed E-state index contributed by atoms with van der Waals surface area (Å²) >= 11 is 1.84. The van der Waals surface area contributed by atoms with Gasteiger partial charge in [0.15, 0.2) is 17.5 Å². The molecular formula is C49H36N4S. The van der Waals surface area contributed by atoms with Crippen molar-refractivity contribution in [2.75, 3.05) is 0 Å². The van der Waals surface area contributed by atoms with Gasteiger partial charge in [-0.3, -0.25) is 0 Å². The first-order chi connectivity index (χ1) is 26.4. The molecule has 5 heteroatoms. The van der Waals surface area contributed by atoms with Crippen LogP contribution < -0.4 is 0 Å². The summed E-state index contributed by atoms with van der Waals surface area (Å²) in [6.45, 7) is 6.82. The molecule has 3 heterocycles. The molecule has 0 N–H and O–H groups in total. The normalized spacial score (nSPS) is 12.0. The Morgan fingerprint density at radius 3 is 1.70 bits per heavy atom. The number of thiophene rings is 1. The zero-order chi connectivity index (χ0) is 36.4. The number of nitrogens with zero attached hydrogens (tertiary/aromatic N) is 4. The molecule has 0 amide bonds. The molecule has 4 nitrogen and oxygen atoms in total. The average molecular weight is 713 g/mol. The summed E-state index contributed by atoms with van der Waals surface area (Å²) in [6, 6.07) is 58.3. The summed E-state index contributed by atoms with van der Waals surface area (Å²) in [7, 11) is 0. The zero-order valence-electron chi connectivity index (χ0n) is 30.3. The van der Waals surface area contributed by atoms with Gasteiger partial charge >= 0.3 is 0 Å². The molecule has 0 aliphatic rings. The highest BCUT2D eigenvalue weighted by Crippen LogP contribution is 2.41. The molecule has 54 heavy (non-hydrogen) atoms. The van der Waals surface area contributed by atoms with Gasteiger partial charge in [-0.2, -0.15) is 0 Å². The number of fused-ring (bicyclic) bond motifs is 6. The van der Waals surface area contributed by atoms with Crippen LogP contribution in [0.15, 0.2) is 164 Å². The van der Waals surface area contributed by atoms with Crippen LogP contribution in [0.4, 0.5) is 0 Å². The Labute approximate surface area is 318 Å². The molecule has 0 saturated heterocycles. The number of aromatic nitrogens is 4. The van der Waals surface area contributed by atoms with E-state index in [4.69, 9.17) is 15.0 Å². The second kappa shape index (κ2) is 12.6. The molecule has 3 aromatic heterocycles. The van der Waals surface area contributed by atoms with Crippen molar-refractivity contribution in [2.45, 2.75) is 26.2 Å². The molecule has 0 bridgehead atoms. The van der Waals surface area contributed by atoms with Crippen LogP contribution in [0.3, 0.4) is 0 Å². The second-order valence-corrected chi connectivity index (χ2v) is 16.0. The van der Waals surface area contributed by atoms with Gasteiger partial charge in [0.1, 0.15) is 0 Å². The molecule has 10 aromatic rings. The number of benzene rings is 7. The van der Waals surface area contributed by atoms with E-state index in [9.17, 15) is 0 Å². The van der Waals surface area contributed by atoms with Gasteiger partial charge in [0.25, 0.3) is 0 Å². The van der Waals surface area contributed by atoms with Crippen molar-refractivity contribution in [2.24, 2.45) is 0 Å². The van der Waals surface area contributed by atoms with E-state index in [0.29, 0.717) is 17.5 Å². The molecule has 10 rings (SSSR count). The topological polar surface area (TPSA) is 43.6 Å². The Morgan fingerprint density at radius 2 is 0.981 bits per heavy atom. The molecule has 0 spiro atoms. The largest absolute Gasteiger partial charge is 0.308 e. The van der Waals surface area contributed by atoms with Crippen molar-refractivity contribution in [3.05, 3.63) is 169 Å². The highest BCUT2D eigenvalue weighted by atomic mass is 32.1. The van der Waals surface area contributed by atoms with Crippen molar-refractivity contribution >= 4 is 53.3 Å². The Bertz CT molecular complexity index is 2970. The Morgan fingerprint density at radius 1 is 0.426 bits per heavy atom. The van der Waals surface area contributed by atoms with Crippen molar-refractivity contribution in [1.82, 2.24) is 19.5 Å². The highest BCUT2D eigenvalue weighted by molar-refractivity contribution is 7.25. The van der Waals surface area contributed by atoms with Gasteiger partial charge in [0.05, 0.1) is 16.7 Å². The van der Waals surface area contributed by atoms with Gasteiger partial charge < -0.3 is 4.57 Å². The first-order valence-electron chi connectivity index (χ1n) is 18.4. The molecular weight excluding hydrogens is 677 g/mol. The fraction of sp³-hybridized carbons (Fsp3) is 0.0816. The minimum absolute atomic E-state index is 0.0171. The lowest BCUT2D eigenvalue weighted by Crippen LogP contribution is -2.11. The molecule has 258 valence electrons. The predicted octanol–water partition coefficient (Wildman–Crippen LogP) is 13.3. The van der Waals surface area contributed by atoms with Gasteiger partial charge in [0.2, 0.25) is 0 Å². The summed E-state index contributed by atoms with van der Waals surface area (Å²) in [5.41, 5.74) is 9.66. The third-order valence-corrected chi connectivity index (χ3v) is 11.6.